The van der Waals surface area contributed by atoms with E-state index in [4.69, 9.17) is 18.9 Å². The predicted octanol–water partition coefficient (Wildman–Crippen LogP) is 4.39. The summed E-state index contributed by atoms with van der Waals surface area (Å²) in [5, 5.41) is 42.5. The van der Waals surface area contributed by atoms with Gasteiger partial charge >= 0.3 is 17.9 Å². The Labute approximate surface area is 290 Å². The fraction of sp³-hybridized carbons (Fsp3) is 0.868. The van der Waals surface area contributed by atoms with Crippen LogP contribution < -0.4 is 0 Å². The average molecular weight is 691 g/mol. The lowest BCUT2D eigenvalue weighted by atomic mass is 9.33. The first-order chi connectivity index (χ1) is 22.8. The maximum atomic E-state index is 13.1. The number of methoxy groups -OCH3 is 2. The fourth-order valence-electron chi connectivity index (χ4n) is 12.5. The third-order valence-corrected chi connectivity index (χ3v) is 15.8. The van der Waals surface area contributed by atoms with Crippen molar-refractivity contribution in [3.63, 3.8) is 0 Å². The van der Waals surface area contributed by atoms with Gasteiger partial charge in [-0.3, -0.25) is 9.59 Å². The van der Waals surface area contributed by atoms with Crippen LogP contribution in [0.3, 0.4) is 0 Å². The number of ether oxygens (including phenoxy) is 4. The number of rotatable bonds is 5. The molecule has 14 unspecified atom stereocenters. The van der Waals surface area contributed by atoms with Crippen molar-refractivity contribution >= 4 is 17.9 Å². The SMILES string of the molecule is COC(=O)C1OC(OC2CCC3(C)C(CCC4(C)C3CC=C3C5CC(C)(C(=O)OC)CCC5(C(=O)O)CCC34C)C2(C)C)C(O)C(O)C1O. The Morgan fingerprint density at radius 1 is 0.816 bits per heavy atom. The van der Waals surface area contributed by atoms with Crippen LogP contribution in [0.1, 0.15) is 106 Å². The van der Waals surface area contributed by atoms with Gasteiger partial charge in [0.15, 0.2) is 12.4 Å². The Kier molecular flexibility index (Phi) is 9.00. The van der Waals surface area contributed by atoms with Crippen molar-refractivity contribution in [1.29, 1.82) is 0 Å². The zero-order valence-corrected chi connectivity index (χ0v) is 30.5. The number of hydrogen-bond donors (Lipinski definition) is 4. The molecular weight excluding hydrogens is 632 g/mol. The van der Waals surface area contributed by atoms with Gasteiger partial charge in [-0.2, -0.15) is 0 Å². The van der Waals surface area contributed by atoms with E-state index in [0.29, 0.717) is 38.0 Å². The van der Waals surface area contributed by atoms with Crippen LogP contribution in [-0.4, -0.2) is 89.4 Å². The van der Waals surface area contributed by atoms with E-state index in [-0.39, 0.29) is 45.6 Å². The number of aliphatic hydroxyl groups is 3. The molecule has 4 N–H and O–H groups in total. The molecule has 11 nitrogen and oxygen atoms in total. The third kappa shape index (κ3) is 5.02. The smallest absolute Gasteiger partial charge is 0.337 e. The highest BCUT2D eigenvalue weighted by Gasteiger charge is 2.70. The number of aliphatic carboxylic acids is 1. The van der Waals surface area contributed by atoms with Crippen molar-refractivity contribution in [2.45, 2.75) is 143 Å². The van der Waals surface area contributed by atoms with Gasteiger partial charge in [-0.15, -0.1) is 0 Å². The lowest BCUT2D eigenvalue weighted by Gasteiger charge is -2.71. The number of aliphatic hydroxyl groups excluding tert-OH is 3. The summed E-state index contributed by atoms with van der Waals surface area (Å²) in [6, 6.07) is 0. The Morgan fingerprint density at radius 2 is 1.49 bits per heavy atom. The topological polar surface area (TPSA) is 169 Å². The van der Waals surface area contributed by atoms with Gasteiger partial charge in [0.2, 0.25) is 0 Å². The largest absolute Gasteiger partial charge is 0.481 e. The molecule has 49 heavy (non-hydrogen) atoms. The summed E-state index contributed by atoms with van der Waals surface area (Å²) in [4.78, 5) is 38.4. The van der Waals surface area contributed by atoms with Crippen LogP contribution in [0.25, 0.3) is 0 Å². The molecule has 6 rings (SSSR count). The molecule has 0 aromatic heterocycles. The first kappa shape index (κ1) is 36.7. The van der Waals surface area contributed by atoms with Crippen molar-refractivity contribution in [2.75, 3.05) is 14.2 Å². The van der Waals surface area contributed by atoms with E-state index in [1.807, 2.05) is 6.92 Å². The summed E-state index contributed by atoms with van der Waals surface area (Å²) in [7, 11) is 2.59. The molecule has 5 aliphatic carbocycles. The minimum Gasteiger partial charge on any atom is -0.481 e. The quantitative estimate of drug-likeness (QED) is 0.183. The van der Waals surface area contributed by atoms with Gasteiger partial charge in [-0.25, -0.2) is 4.79 Å². The van der Waals surface area contributed by atoms with Gasteiger partial charge in [-0.05, 0) is 111 Å². The van der Waals surface area contributed by atoms with Crippen LogP contribution in [0.4, 0.5) is 0 Å². The second-order valence-electron chi connectivity index (χ2n) is 18.0. The predicted molar refractivity (Wildman–Crippen MR) is 177 cm³/mol. The summed E-state index contributed by atoms with van der Waals surface area (Å²) in [5.74, 6) is -1.50. The Hall–Kier alpha value is -2.05. The number of carboxylic acids is 1. The second-order valence-corrected chi connectivity index (χ2v) is 18.0. The van der Waals surface area contributed by atoms with Crippen molar-refractivity contribution in [2.24, 2.45) is 50.2 Å². The first-order valence-electron chi connectivity index (χ1n) is 18.2. The number of esters is 2. The van der Waals surface area contributed by atoms with Crippen LogP contribution in [-0.2, 0) is 33.3 Å². The van der Waals surface area contributed by atoms with E-state index in [1.54, 1.807) is 0 Å². The minimum absolute atomic E-state index is 0.0634. The van der Waals surface area contributed by atoms with Crippen LogP contribution >= 0.6 is 0 Å². The highest BCUT2D eigenvalue weighted by atomic mass is 16.7. The summed E-state index contributed by atoms with van der Waals surface area (Å²) in [6.45, 7) is 13.6. The summed E-state index contributed by atoms with van der Waals surface area (Å²) in [6.07, 6.45) is 1.55. The number of carbonyl (C=O) groups excluding carboxylic acids is 2. The fourth-order valence-corrected chi connectivity index (χ4v) is 12.5. The molecule has 1 saturated heterocycles. The molecule has 4 saturated carbocycles. The number of fused-ring (bicyclic) bond motifs is 7. The van der Waals surface area contributed by atoms with E-state index >= 15 is 0 Å². The normalized spacial score (nSPS) is 50.3. The molecule has 14 atom stereocenters. The van der Waals surface area contributed by atoms with E-state index < -0.39 is 53.5 Å². The standard InChI is InChI=1S/C38H58O11/c1-33(2)22-11-14-37(6)23(35(22,4)13-12-24(33)48-30-27(41)25(39)26(40)28(49-30)29(42)46-7)10-9-20-21-19-34(3,32(45)47-8)15-17-38(21,31(43)44)18-16-36(20,37)5/h9,21-28,30,39-41H,10-19H2,1-8H3,(H,43,44). The molecule has 276 valence electrons. The molecule has 0 radical (unpaired) electrons. The second kappa shape index (κ2) is 12.0. The van der Waals surface area contributed by atoms with Crippen LogP contribution in [0, 0.1) is 50.2 Å². The van der Waals surface area contributed by atoms with E-state index in [0.717, 1.165) is 32.1 Å². The maximum Gasteiger partial charge on any atom is 0.337 e. The van der Waals surface area contributed by atoms with Gasteiger partial charge in [0.1, 0.15) is 18.3 Å². The van der Waals surface area contributed by atoms with Gasteiger partial charge in [0.05, 0.1) is 31.2 Å². The Balaban J connectivity index is 1.29. The molecule has 0 aromatic carbocycles. The summed E-state index contributed by atoms with van der Waals surface area (Å²) >= 11 is 0. The first-order valence-corrected chi connectivity index (χ1v) is 18.2. The lowest BCUT2D eigenvalue weighted by molar-refractivity contribution is -0.324. The lowest BCUT2D eigenvalue weighted by Crippen LogP contribution is -2.66. The highest BCUT2D eigenvalue weighted by Crippen LogP contribution is 2.76. The third-order valence-electron chi connectivity index (χ3n) is 15.8. The molecule has 0 aromatic rings. The van der Waals surface area contributed by atoms with Crippen LogP contribution in [0.2, 0.25) is 0 Å². The zero-order valence-electron chi connectivity index (χ0n) is 30.5. The minimum atomic E-state index is -1.64. The Morgan fingerprint density at radius 3 is 2.12 bits per heavy atom. The van der Waals surface area contributed by atoms with Gasteiger partial charge in [0, 0.05) is 0 Å². The van der Waals surface area contributed by atoms with Crippen LogP contribution in [0.5, 0.6) is 0 Å². The van der Waals surface area contributed by atoms with Gasteiger partial charge in [0.25, 0.3) is 0 Å². The van der Waals surface area contributed by atoms with Crippen LogP contribution in [0.15, 0.2) is 11.6 Å². The summed E-state index contributed by atoms with van der Waals surface area (Å²) < 4.78 is 22.2. The van der Waals surface area contributed by atoms with Crippen molar-refractivity contribution in [3.8, 4) is 0 Å². The molecule has 0 spiro atoms. The number of carbonyl (C=O) groups is 3. The highest BCUT2D eigenvalue weighted by molar-refractivity contribution is 5.80. The van der Waals surface area contributed by atoms with E-state index in [1.165, 1.54) is 19.8 Å². The molecule has 1 aliphatic heterocycles. The Bertz CT molecular complexity index is 1390. The molecule has 0 amide bonds. The molecule has 5 fully saturated rings. The monoisotopic (exact) mass is 690 g/mol. The zero-order chi connectivity index (χ0) is 36.1. The average Bonchev–Trinajstić information content (AvgIpc) is 3.05. The van der Waals surface area contributed by atoms with Gasteiger partial charge < -0.3 is 39.4 Å². The molecule has 11 heteroatoms. The van der Waals surface area contributed by atoms with E-state index in [2.05, 4.69) is 40.7 Å². The number of hydrogen-bond acceptors (Lipinski definition) is 10. The maximum absolute atomic E-state index is 13.1. The van der Waals surface area contributed by atoms with E-state index in [9.17, 15) is 34.8 Å². The molecule has 0 bridgehead atoms. The van der Waals surface area contributed by atoms with Crippen molar-refractivity contribution in [3.05, 3.63) is 11.6 Å². The summed E-state index contributed by atoms with van der Waals surface area (Å²) in [5.41, 5.74) is -1.10. The number of carboxylic acid groups (broad SMARTS) is 1. The molecular formula is C38H58O11. The van der Waals surface area contributed by atoms with Crippen molar-refractivity contribution in [1.82, 2.24) is 0 Å². The van der Waals surface area contributed by atoms with Crippen molar-refractivity contribution < 1.29 is 53.8 Å². The molecule has 1 heterocycles. The molecule has 6 aliphatic rings. The van der Waals surface area contributed by atoms with Gasteiger partial charge in [-0.1, -0.05) is 46.3 Å². The number of allylic oxidation sites excluding steroid dienone is 2.